The summed E-state index contributed by atoms with van der Waals surface area (Å²) in [4.78, 5) is 0.711. The Balaban J connectivity index is 3.03. The molecule has 1 unspecified atom stereocenters. The van der Waals surface area contributed by atoms with Crippen LogP contribution in [0.2, 0.25) is 0 Å². The van der Waals surface area contributed by atoms with Crippen LogP contribution in [-0.4, -0.2) is 10.8 Å². The SMILES string of the molecule is [CH]c1ccccc1[S+](C)[O-]. The van der Waals surface area contributed by atoms with Gasteiger partial charge in [0.15, 0.2) is 4.90 Å². The Hall–Kier alpha value is -0.470. The van der Waals surface area contributed by atoms with Gasteiger partial charge < -0.3 is 4.55 Å². The second-order valence-electron chi connectivity index (χ2n) is 1.99. The summed E-state index contributed by atoms with van der Waals surface area (Å²) < 4.78 is 10.9. The van der Waals surface area contributed by atoms with Gasteiger partial charge in [0, 0.05) is 12.5 Å². The lowest BCUT2D eigenvalue weighted by Crippen LogP contribution is -1.98. The number of hydrogen-bond donors (Lipinski definition) is 0. The highest BCUT2D eigenvalue weighted by Gasteiger charge is 2.05. The van der Waals surface area contributed by atoms with Crippen molar-refractivity contribution in [2.75, 3.05) is 6.26 Å². The Morgan fingerprint density at radius 3 is 2.40 bits per heavy atom. The van der Waals surface area contributed by atoms with Gasteiger partial charge >= 0.3 is 0 Å². The van der Waals surface area contributed by atoms with Gasteiger partial charge in [-0.25, -0.2) is 0 Å². The summed E-state index contributed by atoms with van der Waals surface area (Å²) >= 11 is -0.966. The van der Waals surface area contributed by atoms with E-state index in [9.17, 15) is 4.55 Å². The minimum atomic E-state index is -0.966. The van der Waals surface area contributed by atoms with Crippen LogP contribution in [0.5, 0.6) is 0 Å². The Morgan fingerprint density at radius 1 is 1.40 bits per heavy atom. The maximum Gasteiger partial charge on any atom is 0.155 e. The van der Waals surface area contributed by atoms with Gasteiger partial charge in [0.2, 0.25) is 0 Å². The summed E-state index contributed by atoms with van der Waals surface area (Å²) in [5.74, 6) is 0. The monoisotopic (exact) mass is 152 g/mol. The van der Waals surface area contributed by atoms with E-state index in [2.05, 4.69) is 0 Å². The summed E-state index contributed by atoms with van der Waals surface area (Å²) in [5, 5.41) is 0. The summed E-state index contributed by atoms with van der Waals surface area (Å²) in [7, 11) is 0. The fourth-order valence-corrected chi connectivity index (χ4v) is 1.41. The van der Waals surface area contributed by atoms with Crippen LogP contribution in [0.15, 0.2) is 29.2 Å². The molecule has 1 nitrogen and oxygen atoms in total. The van der Waals surface area contributed by atoms with Crippen LogP contribution in [0.25, 0.3) is 0 Å². The van der Waals surface area contributed by atoms with E-state index in [1.54, 1.807) is 18.4 Å². The van der Waals surface area contributed by atoms with Crippen molar-refractivity contribution in [1.29, 1.82) is 0 Å². The average molecular weight is 152 g/mol. The first-order valence-corrected chi connectivity index (χ1v) is 4.45. The molecule has 10 heavy (non-hydrogen) atoms. The van der Waals surface area contributed by atoms with Gasteiger partial charge in [-0.3, -0.25) is 0 Å². The molecule has 0 aliphatic rings. The molecule has 0 N–H and O–H groups in total. The lowest BCUT2D eigenvalue weighted by molar-refractivity contribution is 0.600. The highest BCUT2D eigenvalue weighted by molar-refractivity contribution is 7.90. The van der Waals surface area contributed by atoms with Gasteiger partial charge in [0.05, 0.1) is 0 Å². The molecular weight excluding hydrogens is 144 g/mol. The normalized spacial score (nSPS) is 13.1. The highest BCUT2D eigenvalue weighted by atomic mass is 32.2. The van der Waals surface area contributed by atoms with Crippen molar-refractivity contribution in [2.45, 2.75) is 4.90 Å². The first kappa shape index (κ1) is 7.63. The fraction of sp³-hybridized carbons (Fsp3) is 0.125. The van der Waals surface area contributed by atoms with E-state index in [4.69, 9.17) is 6.92 Å². The summed E-state index contributed by atoms with van der Waals surface area (Å²) in [6.07, 6.45) is 1.62. The molecule has 0 heterocycles. The van der Waals surface area contributed by atoms with E-state index in [0.717, 1.165) is 0 Å². The minimum absolute atomic E-state index is 0.600. The van der Waals surface area contributed by atoms with Gasteiger partial charge in [-0.05, 0) is 17.2 Å². The molecule has 0 aliphatic carbocycles. The van der Waals surface area contributed by atoms with Crippen molar-refractivity contribution in [2.24, 2.45) is 0 Å². The molecule has 52 valence electrons. The van der Waals surface area contributed by atoms with Crippen LogP contribution in [0, 0.1) is 6.92 Å². The second-order valence-corrected chi connectivity index (χ2v) is 3.34. The molecule has 0 spiro atoms. The molecule has 0 bridgehead atoms. The van der Waals surface area contributed by atoms with Crippen molar-refractivity contribution < 1.29 is 4.55 Å². The summed E-state index contributed by atoms with van der Waals surface area (Å²) in [6, 6.07) is 7.17. The van der Waals surface area contributed by atoms with Crippen LogP contribution in [0.1, 0.15) is 5.56 Å². The molecule has 0 saturated heterocycles. The van der Waals surface area contributed by atoms with E-state index < -0.39 is 11.2 Å². The van der Waals surface area contributed by atoms with E-state index in [-0.39, 0.29) is 0 Å². The maximum atomic E-state index is 10.9. The zero-order valence-corrected chi connectivity index (χ0v) is 6.52. The average Bonchev–Trinajstić information content (AvgIpc) is 1.88. The summed E-state index contributed by atoms with van der Waals surface area (Å²) in [6.45, 7) is 5.53. The number of benzene rings is 1. The first-order valence-electron chi connectivity index (χ1n) is 2.90. The van der Waals surface area contributed by atoms with Crippen molar-refractivity contribution in [3.63, 3.8) is 0 Å². The predicted molar refractivity (Wildman–Crippen MR) is 42.2 cm³/mol. The third kappa shape index (κ3) is 1.52. The van der Waals surface area contributed by atoms with Crippen LogP contribution in [0.3, 0.4) is 0 Å². The predicted octanol–water partition coefficient (Wildman–Crippen LogP) is 1.48. The molecule has 0 fully saturated rings. The van der Waals surface area contributed by atoms with Crippen molar-refractivity contribution >= 4 is 11.2 Å². The first-order chi connectivity index (χ1) is 4.72. The minimum Gasteiger partial charge on any atom is -0.612 e. The molecule has 1 aromatic rings. The lowest BCUT2D eigenvalue weighted by Gasteiger charge is -2.05. The van der Waals surface area contributed by atoms with E-state index in [1.165, 1.54) is 0 Å². The largest absolute Gasteiger partial charge is 0.612 e. The molecule has 1 atom stereocenters. The fourth-order valence-electron chi connectivity index (χ4n) is 0.742. The van der Waals surface area contributed by atoms with Gasteiger partial charge in [-0.2, -0.15) is 0 Å². The van der Waals surface area contributed by atoms with Crippen LogP contribution >= 0.6 is 0 Å². The van der Waals surface area contributed by atoms with Crippen molar-refractivity contribution in [3.05, 3.63) is 36.8 Å². The highest BCUT2D eigenvalue weighted by Crippen LogP contribution is 2.12. The van der Waals surface area contributed by atoms with Crippen molar-refractivity contribution in [1.82, 2.24) is 0 Å². The molecule has 0 amide bonds. The van der Waals surface area contributed by atoms with Crippen LogP contribution in [0.4, 0.5) is 0 Å². The number of rotatable bonds is 1. The molecule has 2 heteroatoms. The second kappa shape index (κ2) is 3.08. The molecule has 0 aliphatic heterocycles. The lowest BCUT2D eigenvalue weighted by atomic mass is 10.2. The molecule has 1 aromatic carbocycles. The standard InChI is InChI=1S/C8H8OS/c1-7-5-3-4-6-8(7)10(2)9/h1,3-6H,2H3. The smallest absolute Gasteiger partial charge is 0.155 e. The number of hydrogen-bond acceptors (Lipinski definition) is 1. The maximum absolute atomic E-state index is 10.9. The topological polar surface area (TPSA) is 23.1 Å². The third-order valence-electron chi connectivity index (χ3n) is 1.23. The zero-order valence-electron chi connectivity index (χ0n) is 5.70. The van der Waals surface area contributed by atoms with E-state index in [0.29, 0.717) is 10.5 Å². The van der Waals surface area contributed by atoms with Crippen LogP contribution in [-0.2, 0) is 11.2 Å². The van der Waals surface area contributed by atoms with E-state index >= 15 is 0 Å². The third-order valence-corrected chi connectivity index (χ3v) is 2.22. The Bertz CT molecular complexity index is 220. The van der Waals surface area contributed by atoms with Crippen molar-refractivity contribution in [3.8, 4) is 0 Å². The molecular formula is C8H8OS. The van der Waals surface area contributed by atoms with E-state index in [1.807, 2.05) is 12.1 Å². The molecule has 1 rings (SSSR count). The van der Waals surface area contributed by atoms with Gasteiger partial charge in [-0.1, -0.05) is 18.2 Å². The summed E-state index contributed by atoms with van der Waals surface area (Å²) in [5.41, 5.74) is 0.600. The van der Waals surface area contributed by atoms with Crippen LogP contribution < -0.4 is 0 Å². The molecule has 0 aromatic heterocycles. The molecule has 0 saturated carbocycles. The zero-order chi connectivity index (χ0) is 7.56. The Morgan fingerprint density at radius 2 is 2.00 bits per heavy atom. The quantitative estimate of drug-likeness (QED) is 0.559. The molecule has 2 radical (unpaired) electrons. The van der Waals surface area contributed by atoms with Gasteiger partial charge in [0.25, 0.3) is 0 Å². The van der Waals surface area contributed by atoms with Gasteiger partial charge in [-0.15, -0.1) is 0 Å². The Kier molecular flexibility index (Phi) is 2.35. The Labute approximate surface area is 64.3 Å². The van der Waals surface area contributed by atoms with Gasteiger partial charge in [0.1, 0.15) is 6.26 Å².